The van der Waals surface area contributed by atoms with Gasteiger partial charge in [-0.15, -0.1) is 0 Å². The van der Waals surface area contributed by atoms with Crippen molar-refractivity contribution < 1.29 is 17.9 Å². The van der Waals surface area contributed by atoms with Crippen molar-refractivity contribution in [3.63, 3.8) is 0 Å². The number of hydrazone groups is 1. The van der Waals surface area contributed by atoms with Crippen LogP contribution in [-0.4, -0.2) is 37.0 Å². The Morgan fingerprint density at radius 2 is 1.87 bits per heavy atom. The highest BCUT2D eigenvalue weighted by molar-refractivity contribution is 7.90. The number of benzene rings is 2. The minimum atomic E-state index is -3.30. The van der Waals surface area contributed by atoms with Gasteiger partial charge in [-0.05, 0) is 36.4 Å². The molecule has 5 rings (SSSR count). The molecule has 30 heavy (non-hydrogen) atoms. The summed E-state index contributed by atoms with van der Waals surface area (Å²) < 4.78 is 36.4. The lowest BCUT2D eigenvalue weighted by molar-refractivity contribution is 0.174. The monoisotopic (exact) mass is 422 g/mol. The van der Waals surface area contributed by atoms with Crippen LogP contribution in [0.25, 0.3) is 5.69 Å². The van der Waals surface area contributed by atoms with Crippen LogP contribution in [0.1, 0.15) is 12.1 Å². The van der Waals surface area contributed by atoms with Crippen molar-refractivity contribution in [3.05, 3.63) is 72.7 Å². The first-order chi connectivity index (χ1) is 14.5. The number of hydrogen-bond donors (Lipinski definition) is 0. The summed E-state index contributed by atoms with van der Waals surface area (Å²) in [6.45, 7) is 0.212. The first-order valence-electron chi connectivity index (χ1n) is 9.27. The van der Waals surface area contributed by atoms with Gasteiger partial charge < -0.3 is 9.47 Å². The molecule has 0 spiro atoms. The summed E-state index contributed by atoms with van der Waals surface area (Å²) in [5.74, 6) is 1.39. The molecule has 2 aliphatic heterocycles. The van der Waals surface area contributed by atoms with Crippen molar-refractivity contribution in [2.75, 3.05) is 18.1 Å². The normalized spacial score (nSPS) is 15.4. The average Bonchev–Trinajstić information content (AvgIpc) is 3.42. The van der Waals surface area contributed by atoms with Crippen LogP contribution in [0.3, 0.4) is 0 Å². The largest absolute Gasteiger partial charge is 0.454 e. The molecule has 3 heterocycles. The number of nitrogens with zero attached hydrogens (tertiary/aromatic N) is 4. The van der Waals surface area contributed by atoms with Gasteiger partial charge in [0.15, 0.2) is 21.3 Å². The smallest absolute Gasteiger partial charge is 0.231 e. The molecule has 0 N–H and O–H groups in total. The van der Waals surface area contributed by atoms with Crippen molar-refractivity contribution in [3.8, 4) is 17.2 Å². The minimum absolute atomic E-state index is 0.212. The molecule has 0 bridgehead atoms. The van der Waals surface area contributed by atoms with Gasteiger partial charge in [-0.25, -0.2) is 18.1 Å². The van der Waals surface area contributed by atoms with E-state index in [1.165, 1.54) is 6.26 Å². The molecule has 152 valence electrons. The molecule has 0 saturated heterocycles. The van der Waals surface area contributed by atoms with Crippen molar-refractivity contribution in [2.24, 2.45) is 5.10 Å². The van der Waals surface area contributed by atoms with E-state index in [0.29, 0.717) is 23.6 Å². The van der Waals surface area contributed by atoms with E-state index in [2.05, 4.69) is 5.10 Å². The summed E-state index contributed by atoms with van der Waals surface area (Å²) in [6.07, 6.45) is 7.34. The molecule has 0 aliphatic carbocycles. The van der Waals surface area contributed by atoms with Crippen molar-refractivity contribution in [1.82, 2.24) is 9.78 Å². The Kier molecular flexibility index (Phi) is 4.32. The van der Waals surface area contributed by atoms with Gasteiger partial charge >= 0.3 is 0 Å². The third-order valence-corrected chi connectivity index (χ3v) is 5.95. The molecule has 3 aromatic rings. The van der Waals surface area contributed by atoms with Crippen LogP contribution in [-0.2, 0) is 9.84 Å². The van der Waals surface area contributed by atoms with Crippen LogP contribution in [0.4, 0.5) is 5.69 Å². The maximum Gasteiger partial charge on any atom is 0.231 e. The molecule has 0 atom stereocenters. The van der Waals surface area contributed by atoms with Crippen molar-refractivity contribution >= 4 is 21.2 Å². The first kappa shape index (κ1) is 18.4. The summed E-state index contributed by atoms with van der Waals surface area (Å²) in [5.41, 5.74) is 3.14. The lowest BCUT2D eigenvalue weighted by Gasteiger charge is -2.21. The Labute approximate surface area is 173 Å². The second kappa shape index (κ2) is 7.03. The SMILES string of the molecule is CS(=O)(=O)c1cccc(N2C=CCC(c3ccnn3-c3ccc4c(c3)OCO4)=N2)c1. The van der Waals surface area contributed by atoms with Crippen molar-refractivity contribution in [2.45, 2.75) is 11.3 Å². The molecule has 2 aliphatic rings. The zero-order valence-corrected chi connectivity index (χ0v) is 16.9. The lowest BCUT2D eigenvalue weighted by Crippen LogP contribution is -2.19. The number of rotatable bonds is 4. The minimum Gasteiger partial charge on any atom is -0.454 e. The molecule has 0 fully saturated rings. The molecule has 0 unspecified atom stereocenters. The van der Waals surface area contributed by atoms with E-state index in [4.69, 9.17) is 14.6 Å². The fourth-order valence-electron chi connectivity index (χ4n) is 3.37. The van der Waals surface area contributed by atoms with Crippen LogP contribution < -0.4 is 14.5 Å². The summed E-state index contributed by atoms with van der Waals surface area (Å²) in [5, 5.41) is 10.8. The molecule has 8 nitrogen and oxygen atoms in total. The quantitative estimate of drug-likeness (QED) is 0.642. The highest BCUT2D eigenvalue weighted by atomic mass is 32.2. The standard InChI is InChI=1S/C21H18N4O4S/c1-30(26,27)17-5-2-4-15(12-17)24-11-3-6-18(23-24)19-9-10-22-25(19)16-7-8-20-21(13-16)29-14-28-20/h2-5,7-13H,6,14H2,1H3. The predicted octanol–water partition coefficient (Wildman–Crippen LogP) is 3.13. The Bertz CT molecular complexity index is 1290. The Balaban J connectivity index is 1.51. The number of sulfone groups is 1. The first-order valence-corrected chi connectivity index (χ1v) is 11.2. The van der Waals surface area contributed by atoms with Gasteiger partial charge in [0.1, 0.15) is 0 Å². The number of aromatic nitrogens is 2. The zero-order valence-electron chi connectivity index (χ0n) is 16.1. The zero-order chi connectivity index (χ0) is 20.7. The van der Waals surface area contributed by atoms with E-state index < -0.39 is 9.84 Å². The topological polar surface area (TPSA) is 86.0 Å². The maximum absolute atomic E-state index is 11.9. The molecule has 0 radical (unpaired) electrons. The number of hydrogen-bond acceptors (Lipinski definition) is 7. The van der Waals surface area contributed by atoms with Crippen molar-refractivity contribution in [1.29, 1.82) is 0 Å². The van der Waals surface area contributed by atoms with E-state index in [1.54, 1.807) is 34.1 Å². The fraction of sp³-hybridized carbons (Fsp3) is 0.143. The van der Waals surface area contributed by atoms with E-state index in [9.17, 15) is 8.42 Å². The molecule has 9 heteroatoms. The number of allylic oxidation sites excluding steroid dienone is 1. The Morgan fingerprint density at radius 3 is 2.73 bits per heavy atom. The van der Waals surface area contributed by atoms with Gasteiger partial charge in [-0.1, -0.05) is 12.1 Å². The van der Waals surface area contributed by atoms with Gasteiger partial charge in [0.25, 0.3) is 0 Å². The fourth-order valence-corrected chi connectivity index (χ4v) is 4.03. The molecular formula is C21H18N4O4S. The van der Waals surface area contributed by atoms with Gasteiger partial charge in [0.05, 0.1) is 33.9 Å². The molecule has 0 amide bonds. The molecule has 1 aromatic heterocycles. The van der Waals surface area contributed by atoms with Crippen LogP contribution in [0.15, 0.2) is 77.0 Å². The van der Waals surface area contributed by atoms with Crippen LogP contribution in [0.5, 0.6) is 11.5 Å². The van der Waals surface area contributed by atoms with E-state index in [-0.39, 0.29) is 11.7 Å². The third kappa shape index (κ3) is 3.33. The Morgan fingerprint density at radius 1 is 1.00 bits per heavy atom. The average molecular weight is 422 g/mol. The van der Waals surface area contributed by atoms with Crippen LogP contribution in [0.2, 0.25) is 0 Å². The highest BCUT2D eigenvalue weighted by Gasteiger charge is 2.19. The van der Waals surface area contributed by atoms with Gasteiger partial charge in [0, 0.05) is 24.9 Å². The summed E-state index contributed by atoms with van der Waals surface area (Å²) >= 11 is 0. The summed E-state index contributed by atoms with van der Waals surface area (Å²) in [4.78, 5) is 0.251. The molecular weight excluding hydrogens is 404 g/mol. The second-order valence-electron chi connectivity index (χ2n) is 6.92. The van der Waals surface area contributed by atoms with E-state index in [1.807, 2.05) is 42.6 Å². The molecule has 0 saturated carbocycles. The number of anilines is 1. The highest BCUT2D eigenvalue weighted by Crippen LogP contribution is 2.34. The maximum atomic E-state index is 11.9. The summed E-state index contributed by atoms with van der Waals surface area (Å²) in [6, 6.07) is 14.3. The van der Waals surface area contributed by atoms with Gasteiger partial charge in [-0.3, -0.25) is 0 Å². The summed E-state index contributed by atoms with van der Waals surface area (Å²) in [7, 11) is -3.30. The lowest BCUT2D eigenvalue weighted by atomic mass is 10.1. The molecule has 2 aromatic carbocycles. The second-order valence-corrected chi connectivity index (χ2v) is 8.93. The van der Waals surface area contributed by atoms with Gasteiger partial charge in [-0.2, -0.15) is 10.2 Å². The number of fused-ring (bicyclic) bond motifs is 1. The Hall–Kier alpha value is -3.59. The van der Waals surface area contributed by atoms with E-state index >= 15 is 0 Å². The van der Waals surface area contributed by atoms with Crippen LogP contribution >= 0.6 is 0 Å². The predicted molar refractivity (Wildman–Crippen MR) is 112 cm³/mol. The third-order valence-electron chi connectivity index (χ3n) is 4.84. The van der Waals surface area contributed by atoms with Gasteiger partial charge in [0.2, 0.25) is 6.79 Å². The number of ether oxygens (including phenoxy) is 2. The van der Waals surface area contributed by atoms with Crippen LogP contribution in [0, 0.1) is 0 Å². The van der Waals surface area contributed by atoms with E-state index in [0.717, 1.165) is 17.1 Å².